The van der Waals surface area contributed by atoms with Crippen LogP contribution in [0.25, 0.3) is 0 Å². The van der Waals surface area contributed by atoms with Gasteiger partial charge in [0.2, 0.25) is 0 Å². The van der Waals surface area contributed by atoms with E-state index < -0.39 is 0 Å². The molecule has 0 aromatic heterocycles. The monoisotopic (exact) mass is 137 g/mol. The van der Waals surface area contributed by atoms with E-state index >= 15 is 0 Å². The third kappa shape index (κ3) is 0.857. The second-order valence-corrected chi connectivity index (χ2v) is 2.30. The molecule has 3 nitrogen and oxygen atoms in total. The van der Waals surface area contributed by atoms with Gasteiger partial charge in [0.15, 0.2) is 0 Å². The lowest BCUT2D eigenvalue weighted by atomic mass is 10.1. The number of aryl methyl sites for hydroxylation is 1. The largest absolute Gasteiger partial charge is 0.397 e. The summed E-state index contributed by atoms with van der Waals surface area (Å²) in [6.45, 7) is 1.89. The summed E-state index contributed by atoms with van der Waals surface area (Å²) in [6.07, 6.45) is 0. The van der Waals surface area contributed by atoms with Crippen molar-refractivity contribution in [3.8, 4) is 0 Å². The molecule has 0 saturated carbocycles. The summed E-state index contributed by atoms with van der Waals surface area (Å²) >= 11 is 0. The number of hydrogen-bond donors (Lipinski definition) is 3. The Hall–Kier alpha value is -1.38. The highest BCUT2D eigenvalue weighted by Crippen LogP contribution is 2.24. The van der Waals surface area contributed by atoms with Crippen LogP contribution in [0.1, 0.15) is 5.56 Å². The van der Waals surface area contributed by atoms with Crippen LogP contribution in [0.4, 0.5) is 17.1 Å². The van der Waals surface area contributed by atoms with Gasteiger partial charge in [0, 0.05) is 0 Å². The first-order valence-electron chi connectivity index (χ1n) is 3.03. The van der Waals surface area contributed by atoms with Crippen LogP contribution in [0.15, 0.2) is 12.1 Å². The van der Waals surface area contributed by atoms with Crippen LogP contribution >= 0.6 is 0 Å². The Morgan fingerprint density at radius 2 is 1.60 bits per heavy atom. The van der Waals surface area contributed by atoms with E-state index in [1.54, 1.807) is 6.07 Å². The molecule has 54 valence electrons. The molecule has 0 aliphatic rings. The normalized spacial score (nSPS) is 9.70. The van der Waals surface area contributed by atoms with Crippen LogP contribution in [-0.4, -0.2) is 0 Å². The van der Waals surface area contributed by atoms with Crippen molar-refractivity contribution in [1.82, 2.24) is 0 Å². The Morgan fingerprint density at radius 3 is 2.10 bits per heavy atom. The Labute approximate surface area is 59.8 Å². The first kappa shape index (κ1) is 6.74. The summed E-state index contributed by atoms with van der Waals surface area (Å²) in [5, 5.41) is 0. The molecule has 0 spiro atoms. The third-order valence-corrected chi connectivity index (χ3v) is 1.54. The average Bonchev–Trinajstić information content (AvgIpc) is 1.93. The van der Waals surface area contributed by atoms with Crippen molar-refractivity contribution in [1.29, 1.82) is 0 Å². The SMILES string of the molecule is Cc1ccc(N)c(N)c1N. The zero-order valence-corrected chi connectivity index (χ0v) is 5.89. The van der Waals surface area contributed by atoms with E-state index in [2.05, 4.69) is 0 Å². The first-order valence-corrected chi connectivity index (χ1v) is 3.03. The fraction of sp³-hybridized carbons (Fsp3) is 0.143. The third-order valence-electron chi connectivity index (χ3n) is 1.54. The van der Waals surface area contributed by atoms with Crippen LogP contribution in [0.3, 0.4) is 0 Å². The zero-order valence-electron chi connectivity index (χ0n) is 5.89. The highest BCUT2D eigenvalue weighted by molar-refractivity contribution is 5.79. The van der Waals surface area contributed by atoms with Crippen LogP contribution in [0.2, 0.25) is 0 Å². The molecule has 0 radical (unpaired) electrons. The maximum atomic E-state index is 5.58. The fourth-order valence-electron chi connectivity index (χ4n) is 0.762. The minimum atomic E-state index is 0.486. The van der Waals surface area contributed by atoms with Gasteiger partial charge in [-0.05, 0) is 18.6 Å². The maximum Gasteiger partial charge on any atom is 0.0784 e. The van der Waals surface area contributed by atoms with Gasteiger partial charge >= 0.3 is 0 Å². The van der Waals surface area contributed by atoms with Crippen molar-refractivity contribution < 1.29 is 0 Å². The molecule has 0 fully saturated rings. The topological polar surface area (TPSA) is 78.1 Å². The van der Waals surface area contributed by atoms with Crippen molar-refractivity contribution in [3.05, 3.63) is 17.7 Å². The molecule has 0 unspecified atom stereocenters. The summed E-state index contributed by atoms with van der Waals surface area (Å²) in [7, 11) is 0. The van der Waals surface area contributed by atoms with Crippen molar-refractivity contribution in [3.63, 3.8) is 0 Å². The molecule has 10 heavy (non-hydrogen) atoms. The lowest BCUT2D eigenvalue weighted by Gasteiger charge is -2.05. The summed E-state index contributed by atoms with van der Waals surface area (Å²) in [4.78, 5) is 0. The van der Waals surface area contributed by atoms with Crippen LogP contribution in [0, 0.1) is 6.92 Å². The van der Waals surface area contributed by atoms with Gasteiger partial charge in [0.05, 0.1) is 17.1 Å². The van der Waals surface area contributed by atoms with Gasteiger partial charge < -0.3 is 17.2 Å². The molecule has 6 N–H and O–H groups in total. The highest BCUT2D eigenvalue weighted by atomic mass is 14.7. The van der Waals surface area contributed by atoms with Gasteiger partial charge in [-0.25, -0.2) is 0 Å². The molecule has 0 bridgehead atoms. The smallest absolute Gasteiger partial charge is 0.0784 e. The molecule has 3 heteroatoms. The molecule has 1 rings (SSSR count). The minimum Gasteiger partial charge on any atom is -0.397 e. The van der Waals surface area contributed by atoms with Crippen LogP contribution in [-0.2, 0) is 0 Å². The molecule has 0 heterocycles. The van der Waals surface area contributed by atoms with Crippen LogP contribution < -0.4 is 17.2 Å². The molecule has 1 aromatic rings. The van der Waals surface area contributed by atoms with E-state index in [-0.39, 0.29) is 0 Å². The number of rotatable bonds is 0. The van der Waals surface area contributed by atoms with E-state index in [0.29, 0.717) is 17.1 Å². The average molecular weight is 137 g/mol. The molecule has 0 aliphatic heterocycles. The number of anilines is 3. The Kier molecular flexibility index (Phi) is 1.41. The van der Waals surface area contributed by atoms with E-state index in [0.717, 1.165) is 5.56 Å². The molecule has 0 aliphatic carbocycles. The number of benzene rings is 1. The first-order chi connectivity index (χ1) is 4.63. The van der Waals surface area contributed by atoms with Gasteiger partial charge in [-0.15, -0.1) is 0 Å². The fourth-order valence-corrected chi connectivity index (χ4v) is 0.762. The molecular formula is C7H11N3. The van der Waals surface area contributed by atoms with E-state index in [4.69, 9.17) is 17.2 Å². The highest BCUT2D eigenvalue weighted by Gasteiger charge is 2.00. The molecule has 0 saturated heterocycles. The standard InChI is InChI=1S/C7H11N3/c1-4-2-3-5(8)7(10)6(4)9/h2-3H,8-10H2,1H3. The van der Waals surface area contributed by atoms with Crippen molar-refractivity contribution >= 4 is 17.1 Å². The van der Waals surface area contributed by atoms with Crippen molar-refractivity contribution in [2.24, 2.45) is 0 Å². The molecular weight excluding hydrogens is 126 g/mol. The van der Waals surface area contributed by atoms with Crippen molar-refractivity contribution in [2.45, 2.75) is 6.92 Å². The van der Waals surface area contributed by atoms with Crippen molar-refractivity contribution in [2.75, 3.05) is 17.2 Å². The van der Waals surface area contributed by atoms with E-state index in [1.807, 2.05) is 13.0 Å². The Bertz CT molecular complexity index is 228. The van der Waals surface area contributed by atoms with Gasteiger partial charge in [0.25, 0.3) is 0 Å². The van der Waals surface area contributed by atoms with E-state index in [1.165, 1.54) is 0 Å². The second kappa shape index (κ2) is 2.10. The van der Waals surface area contributed by atoms with E-state index in [9.17, 15) is 0 Å². The minimum absolute atomic E-state index is 0.486. The molecule has 1 aromatic carbocycles. The predicted octanol–water partition coefficient (Wildman–Crippen LogP) is 0.742. The number of nitrogen functional groups attached to an aromatic ring is 3. The number of nitrogens with two attached hydrogens (primary N) is 3. The molecule has 0 amide bonds. The quantitative estimate of drug-likeness (QED) is 0.461. The summed E-state index contributed by atoms with van der Waals surface area (Å²) in [5.41, 5.74) is 19.2. The van der Waals surface area contributed by atoms with Gasteiger partial charge in [0.1, 0.15) is 0 Å². The lowest BCUT2D eigenvalue weighted by Crippen LogP contribution is -2.01. The number of hydrogen-bond acceptors (Lipinski definition) is 3. The lowest BCUT2D eigenvalue weighted by molar-refractivity contribution is 1.47. The summed E-state index contributed by atoms with van der Waals surface area (Å²) < 4.78 is 0. The Balaban J connectivity index is 3.34. The molecule has 0 atom stereocenters. The van der Waals surface area contributed by atoms with Gasteiger partial charge in [-0.2, -0.15) is 0 Å². The van der Waals surface area contributed by atoms with Gasteiger partial charge in [-0.3, -0.25) is 0 Å². The summed E-state index contributed by atoms with van der Waals surface area (Å²) in [5.74, 6) is 0. The second-order valence-electron chi connectivity index (χ2n) is 2.30. The van der Waals surface area contributed by atoms with Crippen LogP contribution in [0.5, 0.6) is 0 Å². The maximum absolute atomic E-state index is 5.58. The van der Waals surface area contributed by atoms with Gasteiger partial charge in [-0.1, -0.05) is 6.07 Å². The Morgan fingerprint density at radius 1 is 1.00 bits per heavy atom. The predicted molar refractivity (Wildman–Crippen MR) is 44.4 cm³/mol. The zero-order chi connectivity index (χ0) is 7.72. The summed E-state index contributed by atoms with van der Waals surface area (Å²) in [6, 6.07) is 3.60.